The first-order valence-corrected chi connectivity index (χ1v) is 14.8. The monoisotopic (exact) mass is 645 g/mol. The zero-order chi connectivity index (χ0) is 26.2. The van der Waals surface area contributed by atoms with Crippen LogP contribution in [0.25, 0.3) is 0 Å². The van der Waals surface area contributed by atoms with Gasteiger partial charge in [0.15, 0.2) is 5.78 Å². The van der Waals surface area contributed by atoms with Gasteiger partial charge in [0.25, 0.3) is 0 Å². The molecule has 0 spiro atoms. The number of carbonyl (C=O) groups excluding carboxylic acids is 2. The maximum absolute atomic E-state index is 12.8. The molecule has 2 atom stereocenters. The summed E-state index contributed by atoms with van der Waals surface area (Å²) < 4.78 is 14.1. The molecule has 2 N–H and O–H groups in total. The SMILES string of the molecule is CC(Sc1ccccc1)C(=O)[C@H](CCC(=O)OCc1ccc(OCCCSCCC(=O)O)cc1)NI. The molecule has 7 nitrogen and oxygen atoms in total. The fourth-order valence-corrected chi connectivity index (χ4v) is 5.55. The Bertz CT molecular complexity index is 945. The molecular weight excluding hydrogens is 613 g/mol. The number of thioether (sulfide) groups is 2. The number of halogens is 1. The molecule has 0 saturated carbocycles. The topological polar surface area (TPSA) is 102 Å². The van der Waals surface area contributed by atoms with Gasteiger partial charge in [-0.2, -0.15) is 11.8 Å². The van der Waals surface area contributed by atoms with Crippen molar-refractivity contribution in [3.63, 3.8) is 0 Å². The van der Waals surface area contributed by atoms with E-state index in [0.29, 0.717) is 18.8 Å². The molecule has 0 fully saturated rings. The number of benzene rings is 2. The molecule has 2 rings (SSSR count). The molecule has 0 aliphatic rings. The molecule has 0 heterocycles. The van der Waals surface area contributed by atoms with E-state index in [1.165, 1.54) is 11.8 Å². The number of Topliss-reactive ketones (excluding diaryl/α,β-unsaturated/α-hetero) is 1. The fraction of sp³-hybridized carbons (Fsp3) is 0.423. The lowest BCUT2D eigenvalue weighted by atomic mass is 10.1. The molecule has 0 amide bonds. The fourth-order valence-electron chi connectivity index (χ4n) is 3.09. The Hall–Kier alpha value is -1.76. The van der Waals surface area contributed by atoms with Crippen molar-refractivity contribution in [3.05, 3.63) is 60.2 Å². The smallest absolute Gasteiger partial charge is 0.306 e. The summed E-state index contributed by atoms with van der Waals surface area (Å²) >= 11 is 5.08. The average molecular weight is 646 g/mol. The van der Waals surface area contributed by atoms with Crippen molar-refractivity contribution in [1.82, 2.24) is 3.53 Å². The van der Waals surface area contributed by atoms with Gasteiger partial charge in [0.1, 0.15) is 12.4 Å². The van der Waals surface area contributed by atoms with Gasteiger partial charge in [-0.15, -0.1) is 11.8 Å². The third-order valence-corrected chi connectivity index (χ3v) is 8.01. The number of carboxylic acid groups (broad SMARTS) is 1. The van der Waals surface area contributed by atoms with E-state index >= 15 is 0 Å². The van der Waals surface area contributed by atoms with Gasteiger partial charge in [-0.05, 0) is 55.3 Å². The average Bonchev–Trinajstić information content (AvgIpc) is 2.88. The second-order valence-electron chi connectivity index (χ2n) is 7.94. The van der Waals surface area contributed by atoms with Crippen molar-refractivity contribution in [2.45, 2.75) is 55.4 Å². The summed E-state index contributed by atoms with van der Waals surface area (Å²) in [5.74, 6) is 1.14. The second kappa shape index (κ2) is 17.7. The van der Waals surface area contributed by atoms with Crippen molar-refractivity contribution < 1.29 is 29.0 Å². The predicted molar refractivity (Wildman–Crippen MR) is 153 cm³/mol. The highest BCUT2D eigenvalue weighted by atomic mass is 127. The number of nitrogens with one attached hydrogen (secondary N) is 1. The molecule has 10 heteroatoms. The largest absolute Gasteiger partial charge is 0.494 e. The summed E-state index contributed by atoms with van der Waals surface area (Å²) in [6.07, 6.45) is 1.55. The van der Waals surface area contributed by atoms with Crippen LogP contribution in [0.3, 0.4) is 0 Å². The third-order valence-electron chi connectivity index (χ3n) is 5.05. The Labute approximate surface area is 235 Å². The molecule has 0 saturated heterocycles. The van der Waals surface area contributed by atoms with E-state index < -0.39 is 12.0 Å². The summed E-state index contributed by atoms with van der Waals surface area (Å²) in [4.78, 5) is 36.5. The summed E-state index contributed by atoms with van der Waals surface area (Å²) in [5.41, 5.74) is 0.854. The van der Waals surface area contributed by atoms with Crippen molar-refractivity contribution in [1.29, 1.82) is 0 Å². The second-order valence-corrected chi connectivity index (χ2v) is 11.2. The van der Waals surface area contributed by atoms with Crippen LogP contribution in [0.15, 0.2) is 59.5 Å². The standard InChI is InChI=1S/C26H32INO6S2/c1-19(36-22-6-3-2-4-7-22)26(32)23(28-27)12-13-25(31)34-18-20-8-10-21(11-9-20)33-15-5-16-35-17-14-24(29)30/h2-4,6-11,19,23,28H,5,12-18H2,1H3,(H,29,30)/t19?,23-/m0/s1. The summed E-state index contributed by atoms with van der Waals surface area (Å²) in [6.45, 7) is 2.60. The quantitative estimate of drug-likeness (QED) is 0.0711. The maximum Gasteiger partial charge on any atom is 0.306 e. The van der Waals surface area contributed by atoms with Gasteiger partial charge in [0.05, 0.1) is 24.3 Å². The van der Waals surface area contributed by atoms with Crippen molar-refractivity contribution in [2.75, 3.05) is 18.1 Å². The van der Waals surface area contributed by atoms with E-state index in [2.05, 4.69) is 3.53 Å². The molecule has 0 bridgehead atoms. The summed E-state index contributed by atoms with van der Waals surface area (Å²) in [6, 6.07) is 16.7. The van der Waals surface area contributed by atoms with E-state index in [1.54, 1.807) is 11.8 Å². The van der Waals surface area contributed by atoms with E-state index in [4.69, 9.17) is 14.6 Å². The third kappa shape index (κ3) is 12.5. The lowest BCUT2D eigenvalue weighted by Crippen LogP contribution is -2.36. The number of hydrogen-bond donors (Lipinski definition) is 2. The van der Waals surface area contributed by atoms with Crippen molar-refractivity contribution in [2.24, 2.45) is 0 Å². The van der Waals surface area contributed by atoms with E-state index in [0.717, 1.165) is 28.4 Å². The molecule has 0 radical (unpaired) electrons. The molecule has 1 unspecified atom stereocenters. The molecule has 36 heavy (non-hydrogen) atoms. The first-order valence-electron chi connectivity index (χ1n) is 11.7. The van der Waals surface area contributed by atoms with Crippen LogP contribution in [0, 0.1) is 0 Å². The Balaban J connectivity index is 1.64. The minimum atomic E-state index is -0.773. The number of esters is 1. The van der Waals surface area contributed by atoms with Crippen molar-refractivity contribution >= 4 is 64.1 Å². The van der Waals surface area contributed by atoms with Gasteiger partial charge in [-0.3, -0.25) is 17.9 Å². The Morgan fingerprint density at radius 1 is 1.03 bits per heavy atom. The molecule has 0 aromatic heterocycles. The van der Waals surface area contributed by atoms with Gasteiger partial charge in [0, 0.05) is 39.9 Å². The van der Waals surface area contributed by atoms with E-state index in [1.807, 2.05) is 84.4 Å². The number of ketones is 1. The van der Waals surface area contributed by atoms with Crippen LogP contribution in [0.2, 0.25) is 0 Å². The van der Waals surface area contributed by atoms with Crippen LogP contribution in [0.1, 0.15) is 38.2 Å². The molecule has 2 aromatic rings. The van der Waals surface area contributed by atoms with E-state index in [-0.39, 0.29) is 36.5 Å². The molecule has 2 aromatic carbocycles. The first-order chi connectivity index (χ1) is 17.4. The summed E-state index contributed by atoms with van der Waals surface area (Å²) in [7, 11) is 0. The maximum atomic E-state index is 12.8. The zero-order valence-corrected chi connectivity index (χ0v) is 24.0. The number of ether oxygens (including phenoxy) is 2. The first kappa shape index (κ1) is 30.5. The lowest BCUT2D eigenvalue weighted by Gasteiger charge is -2.18. The normalized spacial score (nSPS) is 12.5. The van der Waals surface area contributed by atoms with Crippen LogP contribution in [-0.2, 0) is 25.7 Å². The minimum absolute atomic E-state index is 0.0560. The van der Waals surface area contributed by atoms with Crippen LogP contribution in [-0.4, -0.2) is 52.2 Å². The summed E-state index contributed by atoms with van der Waals surface area (Å²) in [5, 5.41) is 8.38. The number of carbonyl (C=O) groups is 3. The number of hydrogen-bond acceptors (Lipinski definition) is 8. The Morgan fingerprint density at radius 2 is 1.75 bits per heavy atom. The van der Waals surface area contributed by atoms with Gasteiger partial charge >= 0.3 is 11.9 Å². The lowest BCUT2D eigenvalue weighted by molar-refractivity contribution is -0.145. The van der Waals surface area contributed by atoms with Crippen molar-refractivity contribution in [3.8, 4) is 5.75 Å². The predicted octanol–water partition coefficient (Wildman–Crippen LogP) is 5.54. The number of aliphatic carboxylic acids is 1. The molecule has 0 aliphatic carbocycles. The van der Waals surface area contributed by atoms with Crippen LogP contribution in [0.5, 0.6) is 5.75 Å². The Kier molecular flexibility index (Phi) is 14.9. The number of carboxylic acids is 1. The minimum Gasteiger partial charge on any atom is -0.494 e. The zero-order valence-electron chi connectivity index (χ0n) is 20.2. The van der Waals surface area contributed by atoms with Crippen LogP contribution in [0.4, 0.5) is 0 Å². The van der Waals surface area contributed by atoms with E-state index in [9.17, 15) is 14.4 Å². The highest BCUT2D eigenvalue weighted by Gasteiger charge is 2.24. The molecule has 0 aliphatic heterocycles. The Morgan fingerprint density at radius 3 is 2.42 bits per heavy atom. The molecule has 196 valence electrons. The van der Waals surface area contributed by atoms with Gasteiger partial charge in [-0.1, -0.05) is 30.3 Å². The molecular formula is C26H32INO6S2. The number of rotatable bonds is 18. The van der Waals surface area contributed by atoms with Crippen LogP contribution >= 0.6 is 46.4 Å². The highest BCUT2D eigenvalue weighted by Crippen LogP contribution is 2.25. The van der Waals surface area contributed by atoms with Crippen LogP contribution < -0.4 is 8.27 Å². The van der Waals surface area contributed by atoms with Gasteiger partial charge < -0.3 is 14.6 Å². The van der Waals surface area contributed by atoms with Gasteiger partial charge in [-0.25, -0.2) is 0 Å². The van der Waals surface area contributed by atoms with Gasteiger partial charge in [0.2, 0.25) is 0 Å². The highest BCUT2D eigenvalue weighted by molar-refractivity contribution is 14.1.